The van der Waals surface area contributed by atoms with Gasteiger partial charge in [-0.05, 0) is 36.7 Å². The quantitative estimate of drug-likeness (QED) is 0.792. The molecule has 0 bridgehead atoms. The second-order valence-corrected chi connectivity index (χ2v) is 3.32. The molecule has 76 valence electrons. The lowest BCUT2D eigenvalue weighted by molar-refractivity contribution is -0.118. The highest BCUT2D eigenvalue weighted by Gasteiger charge is 2.06. The largest absolute Gasteiger partial charge is 0.330 e. The van der Waals surface area contributed by atoms with E-state index in [4.69, 9.17) is 5.73 Å². The predicted octanol–water partition coefficient (Wildman–Crippen LogP) is 1.59. The Kier molecular flexibility index (Phi) is 3.77. The highest BCUT2D eigenvalue weighted by atomic mass is 19.1. The molecule has 0 aliphatic rings. The van der Waals surface area contributed by atoms with Crippen LogP contribution in [-0.2, 0) is 11.2 Å². The van der Waals surface area contributed by atoms with E-state index < -0.39 is 0 Å². The van der Waals surface area contributed by atoms with Gasteiger partial charge in [0.2, 0.25) is 0 Å². The average Bonchev–Trinajstić information content (AvgIpc) is 2.12. The average molecular weight is 195 g/mol. The van der Waals surface area contributed by atoms with E-state index in [1.807, 2.05) is 6.92 Å². The van der Waals surface area contributed by atoms with Gasteiger partial charge in [0.1, 0.15) is 11.6 Å². The van der Waals surface area contributed by atoms with E-state index in [1.165, 1.54) is 12.1 Å². The SMILES string of the molecule is Cc1ccc(F)cc1CC(=O)CCN. The first-order valence-corrected chi connectivity index (χ1v) is 4.60. The van der Waals surface area contributed by atoms with Gasteiger partial charge in [-0.25, -0.2) is 4.39 Å². The molecule has 0 fully saturated rings. The second-order valence-electron chi connectivity index (χ2n) is 3.32. The minimum Gasteiger partial charge on any atom is -0.330 e. The van der Waals surface area contributed by atoms with Crippen LogP contribution in [0.3, 0.4) is 0 Å². The molecule has 0 aliphatic heterocycles. The molecule has 0 atom stereocenters. The zero-order valence-electron chi connectivity index (χ0n) is 8.22. The first-order valence-electron chi connectivity index (χ1n) is 4.60. The summed E-state index contributed by atoms with van der Waals surface area (Å²) in [4.78, 5) is 11.3. The van der Waals surface area contributed by atoms with E-state index in [1.54, 1.807) is 6.07 Å². The summed E-state index contributed by atoms with van der Waals surface area (Å²) in [5.41, 5.74) is 6.95. The molecule has 14 heavy (non-hydrogen) atoms. The van der Waals surface area contributed by atoms with Crippen LogP contribution < -0.4 is 5.73 Å². The van der Waals surface area contributed by atoms with Crippen LogP contribution in [0.15, 0.2) is 18.2 Å². The molecule has 0 aromatic heterocycles. The third-order valence-electron chi connectivity index (χ3n) is 2.12. The number of rotatable bonds is 4. The Bertz CT molecular complexity index is 336. The predicted molar refractivity (Wildman–Crippen MR) is 53.5 cm³/mol. The summed E-state index contributed by atoms with van der Waals surface area (Å²) in [7, 11) is 0. The maximum atomic E-state index is 12.8. The zero-order valence-corrected chi connectivity index (χ0v) is 8.22. The number of Topliss-reactive ketones (excluding diaryl/α,β-unsaturated/α-hetero) is 1. The van der Waals surface area contributed by atoms with Crippen molar-refractivity contribution in [1.82, 2.24) is 0 Å². The Labute approximate surface area is 82.9 Å². The normalized spacial score (nSPS) is 10.2. The summed E-state index contributed by atoms with van der Waals surface area (Å²) in [6.45, 7) is 2.22. The van der Waals surface area contributed by atoms with Crippen molar-refractivity contribution in [3.63, 3.8) is 0 Å². The molecule has 0 spiro atoms. The van der Waals surface area contributed by atoms with E-state index in [0.29, 0.717) is 13.0 Å². The molecule has 2 N–H and O–H groups in total. The van der Waals surface area contributed by atoms with E-state index in [-0.39, 0.29) is 18.0 Å². The number of carbonyl (C=O) groups is 1. The van der Waals surface area contributed by atoms with Crippen LogP contribution in [0.25, 0.3) is 0 Å². The first kappa shape index (κ1) is 10.9. The molecule has 0 radical (unpaired) electrons. The Morgan fingerprint density at radius 3 is 2.86 bits per heavy atom. The lowest BCUT2D eigenvalue weighted by atomic mass is 10.0. The minimum atomic E-state index is -0.300. The van der Waals surface area contributed by atoms with Crippen LogP contribution in [0.2, 0.25) is 0 Å². The van der Waals surface area contributed by atoms with Crippen molar-refractivity contribution in [3.8, 4) is 0 Å². The molecule has 0 amide bonds. The summed E-state index contributed by atoms with van der Waals surface area (Å²) in [6.07, 6.45) is 0.636. The smallest absolute Gasteiger partial charge is 0.138 e. The van der Waals surface area contributed by atoms with Gasteiger partial charge in [-0.3, -0.25) is 4.79 Å². The minimum absolute atomic E-state index is 0.0567. The van der Waals surface area contributed by atoms with Crippen LogP contribution in [0.1, 0.15) is 17.5 Å². The molecule has 3 heteroatoms. The van der Waals surface area contributed by atoms with Gasteiger partial charge in [0.25, 0.3) is 0 Å². The molecule has 0 saturated carbocycles. The van der Waals surface area contributed by atoms with Gasteiger partial charge in [0.15, 0.2) is 0 Å². The van der Waals surface area contributed by atoms with Crippen LogP contribution in [0.5, 0.6) is 0 Å². The molecule has 1 aromatic carbocycles. The molecule has 1 rings (SSSR count). The van der Waals surface area contributed by atoms with Crippen molar-refractivity contribution in [2.45, 2.75) is 19.8 Å². The van der Waals surface area contributed by atoms with Crippen molar-refractivity contribution in [2.75, 3.05) is 6.54 Å². The van der Waals surface area contributed by atoms with Crippen molar-refractivity contribution >= 4 is 5.78 Å². The van der Waals surface area contributed by atoms with Crippen LogP contribution >= 0.6 is 0 Å². The monoisotopic (exact) mass is 195 g/mol. The zero-order chi connectivity index (χ0) is 10.6. The summed E-state index contributed by atoms with van der Waals surface area (Å²) in [5, 5.41) is 0. The number of aryl methyl sites for hydroxylation is 1. The summed E-state index contributed by atoms with van der Waals surface area (Å²) < 4.78 is 12.8. The standard InChI is InChI=1S/C11H14FNO/c1-8-2-3-10(12)6-9(8)7-11(14)4-5-13/h2-3,6H,4-5,7,13H2,1H3. The number of nitrogens with two attached hydrogens (primary N) is 1. The third kappa shape index (κ3) is 2.92. The summed E-state index contributed by atoms with van der Waals surface area (Å²) in [6, 6.07) is 4.48. The van der Waals surface area contributed by atoms with Gasteiger partial charge in [-0.1, -0.05) is 6.07 Å². The summed E-state index contributed by atoms with van der Waals surface area (Å²) >= 11 is 0. The molecule has 0 unspecified atom stereocenters. The maximum Gasteiger partial charge on any atom is 0.138 e. The molecular formula is C11H14FNO. The van der Waals surface area contributed by atoms with Crippen LogP contribution in [0.4, 0.5) is 4.39 Å². The number of ketones is 1. The fraction of sp³-hybridized carbons (Fsp3) is 0.364. The fourth-order valence-corrected chi connectivity index (χ4v) is 1.29. The number of halogens is 1. The molecule has 0 heterocycles. The lowest BCUT2D eigenvalue weighted by Gasteiger charge is -2.04. The number of benzene rings is 1. The van der Waals surface area contributed by atoms with E-state index in [2.05, 4.69) is 0 Å². The summed E-state index contributed by atoms with van der Waals surface area (Å²) in [5.74, 6) is -0.243. The number of hydrogen-bond donors (Lipinski definition) is 1. The molecule has 0 saturated heterocycles. The van der Waals surface area contributed by atoms with E-state index >= 15 is 0 Å². The van der Waals surface area contributed by atoms with E-state index in [9.17, 15) is 9.18 Å². The van der Waals surface area contributed by atoms with Crippen molar-refractivity contribution < 1.29 is 9.18 Å². The second kappa shape index (κ2) is 4.86. The highest BCUT2D eigenvalue weighted by molar-refractivity contribution is 5.81. The Morgan fingerprint density at radius 2 is 2.21 bits per heavy atom. The highest BCUT2D eigenvalue weighted by Crippen LogP contribution is 2.11. The van der Waals surface area contributed by atoms with Crippen molar-refractivity contribution in [2.24, 2.45) is 5.73 Å². The van der Waals surface area contributed by atoms with Gasteiger partial charge in [0.05, 0.1) is 0 Å². The Balaban J connectivity index is 2.75. The molecular weight excluding hydrogens is 181 g/mol. The van der Waals surface area contributed by atoms with Crippen LogP contribution in [0, 0.1) is 12.7 Å². The van der Waals surface area contributed by atoms with Crippen molar-refractivity contribution in [1.29, 1.82) is 0 Å². The van der Waals surface area contributed by atoms with Gasteiger partial charge < -0.3 is 5.73 Å². The van der Waals surface area contributed by atoms with Gasteiger partial charge in [0, 0.05) is 12.8 Å². The topological polar surface area (TPSA) is 43.1 Å². The van der Waals surface area contributed by atoms with Gasteiger partial charge in [-0.2, -0.15) is 0 Å². The fourth-order valence-electron chi connectivity index (χ4n) is 1.29. The number of carbonyl (C=O) groups excluding carboxylic acids is 1. The molecule has 1 aromatic rings. The van der Waals surface area contributed by atoms with E-state index in [0.717, 1.165) is 11.1 Å². The molecule has 2 nitrogen and oxygen atoms in total. The van der Waals surface area contributed by atoms with Crippen LogP contribution in [-0.4, -0.2) is 12.3 Å². The Morgan fingerprint density at radius 1 is 1.50 bits per heavy atom. The lowest BCUT2D eigenvalue weighted by Crippen LogP contribution is -2.10. The third-order valence-corrected chi connectivity index (χ3v) is 2.12. The van der Waals surface area contributed by atoms with Crippen molar-refractivity contribution in [3.05, 3.63) is 35.1 Å². The number of hydrogen-bond acceptors (Lipinski definition) is 2. The Hall–Kier alpha value is -1.22. The molecule has 0 aliphatic carbocycles. The first-order chi connectivity index (χ1) is 6.63. The van der Waals surface area contributed by atoms with Gasteiger partial charge in [-0.15, -0.1) is 0 Å². The maximum absolute atomic E-state index is 12.8. The van der Waals surface area contributed by atoms with Gasteiger partial charge >= 0.3 is 0 Å².